The van der Waals surface area contributed by atoms with E-state index in [1.807, 2.05) is 0 Å². The molecule has 5 atom stereocenters. The fourth-order valence-corrected chi connectivity index (χ4v) is 7.23. The van der Waals surface area contributed by atoms with Crippen molar-refractivity contribution in [3.63, 3.8) is 0 Å². The molecular weight excluding hydrogens is 526 g/mol. The van der Waals surface area contributed by atoms with Gasteiger partial charge >= 0.3 is 0 Å². The Kier molecular flexibility index (Phi) is 4.67. The molecule has 34 heavy (non-hydrogen) atoms. The molecule has 2 aromatic rings. The van der Waals surface area contributed by atoms with Gasteiger partial charge in [-0.2, -0.15) is 0 Å². The molecule has 6 rings (SSSR count). The van der Waals surface area contributed by atoms with Crippen LogP contribution in [0.25, 0.3) is 0 Å². The third kappa shape index (κ3) is 2.75. The van der Waals surface area contributed by atoms with Crippen molar-refractivity contribution >= 4 is 75.6 Å². The maximum atomic E-state index is 13.9. The van der Waals surface area contributed by atoms with Crippen molar-refractivity contribution in [2.45, 2.75) is 30.5 Å². The van der Waals surface area contributed by atoms with Crippen molar-refractivity contribution in [3.8, 4) is 0 Å². The van der Waals surface area contributed by atoms with Crippen molar-refractivity contribution in [2.24, 2.45) is 11.8 Å². The average Bonchev–Trinajstić information content (AvgIpc) is 3.35. The number of amides is 3. The highest BCUT2D eigenvalue weighted by Gasteiger charge is 2.76. The van der Waals surface area contributed by atoms with Gasteiger partial charge in [0.05, 0.1) is 28.1 Å². The van der Waals surface area contributed by atoms with Crippen molar-refractivity contribution in [1.29, 1.82) is 0 Å². The zero-order valence-corrected chi connectivity index (χ0v) is 20.5. The molecule has 12 heteroatoms. The summed E-state index contributed by atoms with van der Waals surface area (Å²) in [6.45, 7) is 1.73. The van der Waals surface area contributed by atoms with Crippen LogP contribution >= 0.6 is 46.4 Å². The lowest BCUT2D eigenvalue weighted by molar-refractivity contribution is -0.136. The van der Waals surface area contributed by atoms with Crippen molar-refractivity contribution < 1.29 is 19.5 Å². The van der Waals surface area contributed by atoms with Crippen LogP contribution in [-0.4, -0.2) is 50.9 Å². The summed E-state index contributed by atoms with van der Waals surface area (Å²) in [5, 5.41) is 14.4. The highest BCUT2D eigenvalue weighted by atomic mass is 35.5. The Bertz CT molecular complexity index is 1310. The number of nitrogens with zero attached hydrogens (tertiary/aromatic N) is 3. The van der Waals surface area contributed by atoms with E-state index >= 15 is 0 Å². The van der Waals surface area contributed by atoms with E-state index in [0.29, 0.717) is 11.3 Å². The van der Waals surface area contributed by atoms with E-state index in [9.17, 15) is 19.5 Å². The Morgan fingerprint density at radius 2 is 1.76 bits per heavy atom. The third-order valence-corrected chi connectivity index (χ3v) is 8.18. The molecule has 1 aromatic carbocycles. The molecule has 0 aliphatic carbocycles. The molecule has 0 saturated carbocycles. The first-order chi connectivity index (χ1) is 16.0. The molecule has 0 bridgehead atoms. The predicted octanol–water partition coefficient (Wildman–Crippen LogP) is 3.49. The van der Waals surface area contributed by atoms with E-state index in [1.54, 1.807) is 17.9 Å². The van der Waals surface area contributed by atoms with Crippen LogP contribution in [-0.2, 0) is 19.9 Å². The van der Waals surface area contributed by atoms with Crippen molar-refractivity contribution in [1.82, 2.24) is 9.88 Å². The molecule has 4 aliphatic rings. The molecule has 2 N–H and O–H groups in total. The number of hydrogen-bond donors (Lipinski definition) is 2. The van der Waals surface area contributed by atoms with Gasteiger partial charge in [0.2, 0.25) is 11.8 Å². The van der Waals surface area contributed by atoms with E-state index in [1.165, 1.54) is 18.2 Å². The largest absolute Gasteiger partial charge is 0.389 e. The number of halogens is 4. The second-order valence-electron chi connectivity index (χ2n) is 9.41. The smallest absolute Gasteiger partial charge is 0.250 e. The number of fused-ring (bicyclic) bond motifs is 7. The summed E-state index contributed by atoms with van der Waals surface area (Å²) >= 11 is 24.9. The molecule has 5 heterocycles. The van der Waals surface area contributed by atoms with Crippen molar-refractivity contribution in [3.05, 3.63) is 50.0 Å². The van der Waals surface area contributed by atoms with Gasteiger partial charge in [-0.3, -0.25) is 19.3 Å². The van der Waals surface area contributed by atoms with Crippen molar-refractivity contribution in [2.75, 3.05) is 16.8 Å². The zero-order chi connectivity index (χ0) is 24.3. The summed E-state index contributed by atoms with van der Waals surface area (Å²) < 4.78 is 0. The average molecular weight is 542 g/mol. The molecule has 3 saturated heterocycles. The third-order valence-electron chi connectivity index (χ3n) is 7.25. The number of benzene rings is 1. The summed E-state index contributed by atoms with van der Waals surface area (Å²) in [7, 11) is 0. The first-order valence-electron chi connectivity index (χ1n) is 10.5. The SMILES string of the molecule is C[C@]1(O)CC2C3C(=O)N(c4cc(Cl)cc(Cl)n4)C(=O)C3C3(C(=O)Nc4c(Cl)cc(Cl)cc43)N2C1. The van der Waals surface area contributed by atoms with Crippen LogP contribution in [0.4, 0.5) is 11.5 Å². The van der Waals surface area contributed by atoms with Gasteiger partial charge in [0.1, 0.15) is 16.5 Å². The molecule has 4 aliphatic heterocycles. The number of hydrogen-bond acceptors (Lipinski definition) is 6. The number of aromatic nitrogens is 1. The van der Waals surface area contributed by atoms with E-state index in [4.69, 9.17) is 46.4 Å². The molecular formula is C22H16Cl4N4O4. The summed E-state index contributed by atoms with van der Waals surface area (Å²) in [5.41, 5.74) is -2.01. The fraction of sp³-hybridized carbons (Fsp3) is 0.364. The molecule has 8 nitrogen and oxygen atoms in total. The van der Waals surface area contributed by atoms with Gasteiger partial charge in [-0.15, -0.1) is 0 Å². The summed E-state index contributed by atoms with van der Waals surface area (Å²) in [6.07, 6.45) is 0.198. The van der Waals surface area contributed by atoms with Gasteiger partial charge in [-0.1, -0.05) is 46.4 Å². The van der Waals surface area contributed by atoms with E-state index in [-0.39, 0.29) is 39.0 Å². The first-order valence-corrected chi connectivity index (χ1v) is 12.0. The minimum absolute atomic E-state index is 0.0165. The van der Waals surface area contributed by atoms with Crippen LogP contribution in [0.15, 0.2) is 24.3 Å². The summed E-state index contributed by atoms with van der Waals surface area (Å²) in [6, 6.07) is 5.26. The summed E-state index contributed by atoms with van der Waals surface area (Å²) in [5.74, 6) is -3.64. The Morgan fingerprint density at radius 1 is 1.06 bits per heavy atom. The quantitative estimate of drug-likeness (QED) is 0.423. The molecule has 176 valence electrons. The van der Waals surface area contributed by atoms with Gasteiger partial charge in [0.25, 0.3) is 5.91 Å². The number of aliphatic hydroxyl groups is 1. The number of imide groups is 1. The lowest BCUT2D eigenvalue weighted by atomic mass is 9.74. The highest BCUT2D eigenvalue weighted by Crippen LogP contribution is 2.62. The number of carbonyl (C=O) groups excluding carboxylic acids is 3. The topological polar surface area (TPSA) is 103 Å². The Labute approximate surface area is 213 Å². The Hall–Kier alpha value is -1.94. The Morgan fingerprint density at radius 3 is 2.47 bits per heavy atom. The van der Waals surface area contributed by atoms with Crippen LogP contribution in [0.3, 0.4) is 0 Å². The van der Waals surface area contributed by atoms with Gasteiger partial charge in [-0.05, 0) is 31.5 Å². The molecule has 1 spiro atoms. The summed E-state index contributed by atoms with van der Waals surface area (Å²) in [4.78, 5) is 48.3. The standard InChI is InChI=1S/C22H16Cl4N4O4/c1-21(34)6-12-15-16(19(32)30(18(15)31)14-5-9(24)4-13(26)27-14)22(29(12)7-21)10-2-8(23)3-11(25)17(10)28-20(22)33/h2-5,12,15-16,34H,6-7H2,1H3,(H,28,33)/t12?,15?,16?,21-,22?/m0/s1. The lowest BCUT2D eigenvalue weighted by Gasteiger charge is -2.37. The number of nitrogens with one attached hydrogen (secondary N) is 1. The minimum Gasteiger partial charge on any atom is -0.389 e. The van der Waals surface area contributed by atoms with Gasteiger partial charge in [-0.25, -0.2) is 9.88 Å². The minimum atomic E-state index is -1.58. The number of carbonyl (C=O) groups is 3. The van der Waals surface area contributed by atoms with Crippen LogP contribution in [0.2, 0.25) is 20.2 Å². The second-order valence-corrected chi connectivity index (χ2v) is 11.1. The van der Waals surface area contributed by atoms with Crippen LogP contribution in [0.1, 0.15) is 18.9 Å². The predicted molar refractivity (Wildman–Crippen MR) is 126 cm³/mol. The van der Waals surface area contributed by atoms with E-state index < -0.39 is 46.7 Å². The highest BCUT2D eigenvalue weighted by molar-refractivity contribution is 6.38. The van der Waals surface area contributed by atoms with E-state index in [2.05, 4.69) is 10.3 Å². The monoisotopic (exact) mass is 540 g/mol. The molecule has 3 amide bonds. The number of pyridine rings is 1. The molecule has 1 aromatic heterocycles. The normalized spacial score (nSPS) is 34.1. The Balaban J connectivity index is 1.59. The maximum Gasteiger partial charge on any atom is 0.250 e. The van der Waals surface area contributed by atoms with Gasteiger partial charge < -0.3 is 10.4 Å². The van der Waals surface area contributed by atoms with Crippen LogP contribution in [0.5, 0.6) is 0 Å². The molecule has 3 fully saturated rings. The lowest BCUT2D eigenvalue weighted by Crippen LogP contribution is -2.55. The molecule has 4 unspecified atom stereocenters. The number of rotatable bonds is 1. The van der Waals surface area contributed by atoms with Gasteiger partial charge in [0, 0.05) is 34.3 Å². The van der Waals surface area contributed by atoms with Crippen LogP contribution < -0.4 is 10.2 Å². The van der Waals surface area contributed by atoms with E-state index in [0.717, 1.165) is 4.90 Å². The second kappa shape index (κ2) is 7.06. The number of anilines is 2. The first kappa shape index (κ1) is 22.5. The molecule has 0 radical (unpaired) electrons. The zero-order valence-electron chi connectivity index (χ0n) is 17.5. The fourth-order valence-electron chi connectivity index (χ4n) is 6.23. The van der Waals surface area contributed by atoms with Crippen LogP contribution in [0, 0.1) is 11.8 Å². The van der Waals surface area contributed by atoms with Gasteiger partial charge in [0.15, 0.2) is 0 Å². The maximum absolute atomic E-state index is 13.9.